The van der Waals surface area contributed by atoms with Crippen molar-refractivity contribution < 1.29 is 4.79 Å². The lowest BCUT2D eigenvalue weighted by atomic mass is 9.98. The van der Waals surface area contributed by atoms with Crippen LogP contribution >= 0.6 is 0 Å². The minimum Gasteiger partial charge on any atom is -0.330 e. The van der Waals surface area contributed by atoms with Crippen molar-refractivity contribution in [1.29, 1.82) is 0 Å². The summed E-state index contributed by atoms with van der Waals surface area (Å²) >= 11 is 0. The molecule has 128 valence electrons. The Bertz CT molecular complexity index is 869. The second-order valence-corrected chi connectivity index (χ2v) is 6.27. The van der Waals surface area contributed by atoms with E-state index in [0.29, 0.717) is 5.56 Å². The monoisotopic (exact) mass is 336 g/mol. The number of aryl methyl sites for hydroxylation is 1. The van der Waals surface area contributed by atoms with Crippen LogP contribution in [0.4, 0.5) is 0 Å². The second kappa shape index (κ2) is 6.51. The van der Waals surface area contributed by atoms with Gasteiger partial charge < -0.3 is 4.90 Å². The molecule has 3 aromatic heterocycles. The lowest BCUT2D eigenvalue weighted by molar-refractivity contribution is 0.0601. The predicted octanol–water partition coefficient (Wildman–Crippen LogP) is 2.37. The third-order valence-corrected chi connectivity index (χ3v) is 4.70. The van der Waals surface area contributed by atoms with E-state index < -0.39 is 0 Å². The van der Waals surface area contributed by atoms with Crippen LogP contribution in [0.15, 0.2) is 49.2 Å². The van der Waals surface area contributed by atoms with E-state index in [4.69, 9.17) is 0 Å². The highest BCUT2D eigenvalue weighted by Crippen LogP contribution is 2.31. The Kier molecular flexibility index (Phi) is 4.05. The van der Waals surface area contributed by atoms with Gasteiger partial charge in [-0.05, 0) is 37.5 Å². The molecule has 0 bridgehead atoms. The number of carbonyl (C=O) groups is 1. The van der Waals surface area contributed by atoms with Crippen LogP contribution in [-0.2, 0) is 7.05 Å². The second-order valence-electron chi connectivity index (χ2n) is 6.27. The zero-order valence-electron chi connectivity index (χ0n) is 14.1. The van der Waals surface area contributed by atoms with E-state index in [1.807, 2.05) is 34.8 Å². The Morgan fingerprint density at radius 1 is 1.16 bits per heavy atom. The number of amides is 1. The summed E-state index contributed by atoms with van der Waals surface area (Å²) in [5, 5.41) is 8.58. The van der Waals surface area contributed by atoms with Gasteiger partial charge in [0.2, 0.25) is 0 Å². The summed E-state index contributed by atoms with van der Waals surface area (Å²) in [6.07, 6.45) is 11.7. The molecule has 0 spiro atoms. The number of aromatic nitrogens is 5. The number of hydrogen-bond donors (Lipinski definition) is 0. The molecule has 4 heterocycles. The van der Waals surface area contributed by atoms with Crippen LogP contribution in [0.3, 0.4) is 0 Å². The van der Waals surface area contributed by atoms with Crippen molar-refractivity contribution in [3.63, 3.8) is 0 Å². The van der Waals surface area contributed by atoms with Crippen molar-refractivity contribution in [2.75, 3.05) is 6.54 Å². The van der Waals surface area contributed by atoms with Crippen LogP contribution < -0.4 is 0 Å². The van der Waals surface area contributed by atoms with Gasteiger partial charge in [-0.1, -0.05) is 0 Å². The average Bonchev–Trinajstić information content (AvgIpc) is 3.31. The molecule has 25 heavy (non-hydrogen) atoms. The van der Waals surface area contributed by atoms with E-state index >= 15 is 0 Å². The minimum absolute atomic E-state index is 0.0149. The largest absolute Gasteiger partial charge is 0.330 e. The predicted molar refractivity (Wildman–Crippen MR) is 92.2 cm³/mol. The first-order valence-corrected chi connectivity index (χ1v) is 8.48. The van der Waals surface area contributed by atoms with Gasteiger partial charge in [0.25, 0.3) is 5.91 Å². The van der Waals surface area contributed by atoms with E-state index in [-0.39, 0.29) is 11.9 Å². The van der Waals surface area contributed by atoms with E-state index in [2.05, 4.69) is 15.2 Å². The summed E-state index contributed by atoms with van der Waals surface area (Å²) in [6, 6.07) is 5.82. The summed E-state index contributed by atoms with van der Waals surface area (Å²) < 4.78 is 3.54. The molecular formula is C18H20N6O. The van der Waals surface area contributed by atoms with Crippen molar-refractivity contribution in [2.45, 2.75) is 25.3 Å². The molecule has 0 saturated carbocycles. The van der Waals surface area contributed by atoms with Crippen LogP contribution in [0, 0.1) is 0 Å². The third kappa shape index (κ3) is 2.93. The maximum atomic E-state index is 13.1. The molecule has 1 aliphatic rings. The number of carbonyl (C=O) groups excluding carboxylic acids is 1. The Morgan fingerprint density at radius 3 is 2.84 bits per heavy atom. The summed E-state index contributed by atoms with van der Waals surface area (Å²) in [6.45, 7) is 0.757. The fourth-order valence-electron chi connectivity index (χ4n) is 3.42. The number of piperidine rings is 1. The molecule has 1 saturated heterocycles. The van der Waals surface area contributed by atoms with Gasteiger partial charge >= 0.3 is 0 Å². The number of nitrogens with zero attached hydrogens (tertiary/aromatic N) is 6. The van der Waals surface area contributed by atoms with Gasteiger partial charge in [0.15, 0.2) is 0 Å². The van der Waals surface area contributed by atoms with Crippen LogP contribution in [-0.4, -0.2) is 41.9 Å². The first-order valence-electron chi connectivity index (χ1n) is 8.48. The standard InChI is InChI=1S/C18H20N6O/c1-22-16(7-9-20-22)17-6-2-3-10-23(17)18(25)14-11-21-24(13-14)15-5-4-8-19-12-15/h4-5,7-9,11-13,17H,2-3,6,10H2,1H3/t17-/m1/s1. The first-order chi connectivity index (χ1) is 12.2. The Hall–Kier alpha value is -2.96. The number of hydrogen-bond acceptors (Lipinski definition) is 4. The van der Waals surface area contributed by atoms with Crippen LogP contribution in [0.5, 0.6) is 0 Å². The highest BCUT2D eigenvalue weighted by atomic mass is 16.2. The van der Waals surface area contributed by atoms with Crippen molar-refractivity contribution >= 4 is 5.91 Å². The number of pyridine rings is 1. The summed E-state index contributed by atoms with van der Waals surface area (Å²) in [5.41, 5.74) is 2.51. The van der Waals surface area contributed by atoms with Gasteiger partial charge in [0.05, 0.1) is 35.4 Å². The quantitative estimate of drug-likeness (QED) is 0.736. The minimum atomic E-state index is 0.0149. The van der Waals surface area contributed by atoms with Crippen LogP contribution in [0.1, 0.15) is 41.4 Å². The Balaban J connectivity index is 1.61. The smallest absolute Gasteiger partial charge is 0.257 e. The van der Waals surface area contributed by atoms with Crippen LogP contribution in [0.25, 0.3) is 5.69 Å². The lowest BCUT2D eigenvalue weighted by Gasteiger charge is -2.35. The SMILES string of the molecule is Cn1nccc1[C@H]1CCCCN1C(=O)c1cnn(-c2cccnc2)c1. The fraction of sp³-hybridized carbons (Fsp3) is 0.333. The average molecular weight is 336 g/mol. The summed E-state index contributed by atoms with van der Waals surface area (Å²) in [4.78, 5) is 19.1. The Morgan fingerprint density at radius 2 is 2.08 bits per heavy atom. The highest BCUT2D eigenvalue weighted by molar-refractivity contribution is 5.94. The topological polar surface area (TPSA) is 68.8 Å². The number of rotatable bonds is 3. The molecule has 0 aromatic carbocycles. The van der Waals surface area contributed by atoms with Gasteiger partial charge in [-0.3, -0.25) is 14.5 Å². The molecule has 0 unspecified atom stereocenters. The molecule has 0 radical (unpaired) electrons. The maximum absolute atomic E-state index is 13.1. The lowest BCUT2D eigenvalue weighted by Crippen LogP contribution is -2.39. The zero-order chi connectivity index (χ0) is 17.2. The van der Waals surface area contributed by atoms with Crippen molar-refractivity contribution in [3.8, 4) is 5.69 Å². The molecule has 4 rings (SSSR count). The van der Waals surface area contributed by atoms with Gasteiger partial charge in [0.1, 0.15) is 0 Å². The third-order valence-electron chi connectivity index (χ3n) is 4.70. The van der Waals surface area contributed by atoms with Gasteiger partial charge in [-0.15, -0.1) is 0 Å². The van der Waals surface area contributed by atoms with Crippen molar-refractivity contribution in [1.82, 2.24) is 29.4 Å². The molecule has 1 atom stereocenters. The van der Waals surface area contributed by atoms with Gasteiger partial charge in [-0.2, -0.15) is 10.2 Å². The molecule has 1 aliphatic heterocycles. The normalized spacial score (nSPS) is 17.6. The summed E-state index contributed by atoms with van der Waals surface area (Å²) in [7, 11) is 1.92. The zero-order valence-corrected chi connectivity index (χ0v) is 14.1. The number of likely N-dealkylation sites (tertiary alicyclic amines) is 1. The van der Waals surface area contributed by atoms with E-state index in [0.717, 1.165) is 37.2 Å². The molecule has 0 N–H and O–H groups in total. The summed E-state index contributed by atoms with van der Waals surface area (Å²) in [5.74, 6) is 0.0149. The Labute approximate surface area is 145 Å². The molecule has 7 nitrogen and oxygen atoms in total. The van der Waals surface area contributed by atoms with E-state index in [9.17, 15) is 4.79 Å². The van der Waals surface area contributed by atoms with Crippen molar-refractivity contribution in [2.24, 2.45) is 7.05 Å². The van der Waals surface area contributed by atoms with Gasteiger partial charge in [0, 0.05) is 32.2 Å². The van der Waals surface area contributed by atoms with Crippen LogP contribution in [0.2, 0.25) is 0 Å². The van der Waals surface area contributed by atoms with E-state index in [1.54, 1.807) is 35.7 Å². The first kappa shape index (κ1) is 15.6. The van der Waals surface area contributed by atoms with Crippen molar-refractivity contribution in [3.05, 3.63) is 60.4 Å². The molecule has 1 fully saturated rings. The molecule has 0 aliphatic carbocycles. The fourth-order valence-corrected chi connectivity index (χ4v) is 3.42. The molecular weight excluding hydrogens is 316 g/mol. The van der Waals surface area contributed by atoms with E-state index in [1.165, 1.54) is 0 Å². The molecule has 7 heteroatoms. The molecule has 3 aromatic rings. The maximum Gasteiger partial charge on any atom is 0.257 e. The molecule has 1 amide bonds. The highest BCUT2D eigenvalue weighted by Gasteiger charge is 2.31. The van der Waals surface area contributed by atoms with Gasteiger partial charge in [-0.25, -0.2) is 4.68 Å².